The molecule has 0 radical (unpaired) electrons. The maximum absolute atomic E-state index is 12.1. The predicted molar refractivity (Wildman–Crippen MR) is 85.1 cm³/mol. The van der Waals surface area contributed by atoms with Crippen LogP contribution in [0, 0.1) is 0 Å². The first-order valence-corrected chi connectivity index (χ1v) is 8.03. The van der Waals surface area contributed by atoms with Gasteiger partial charge in [-0.25, -0.2) is 0 Å². The molecule has 1 fully saturated rings. The van der Waals surface area contributed by atoms with Gasteiger partial charge in [0, 0.05) is 32.6 Å². The van der Waals surface area contributed by atoms with Gasteiger partial charge in [0.25, 0.3) is 0 Å². The third kappa shape index (κ3) is 4.91. The van der Waals surface area contributed by atoms with E-state index in [1.165, 1.54) is 0 Å². The minimum Gasteiger partial charge on any atom is -0.494 e. The summed E-state index contributed by atoms with van der Waals surface area (Å²) >= 11 is 5.53. The van der Waals surface area contributed by atoms with Gasteiger partial charge in [0.1, 0.15) is 11.6 Å². The van der Waals surface area contributed by atoms with Crippen molar-refractivity contribution >= 4 is 23.4 Å². The fraction of sp³-hybridized carbons (Fsp3) is 0.500. The first-order valence-electron chi connectivity index (χ1n) is 7.50. The van der Waals surface area contributed by atoms with Crippen LogP contribution in [0.2, 0.25) is 0 Å². The lowest BCUT2D eigenvalue weighted by atomic mass is 10.2. The van der Waals surface area contributed by atoms with Crippen molar-refractivity contribution in [2.75, 3.05) is 38.7 Å². The number of amides is 2. The molecule has 5 nitrogen and oxygen atoms in total. The summed E-state index contributed by atoms with van der Waals surface area (Å²) in [6.45, 7) is 2.83. The van der Waals surface area contributed by atoms with Crippen LogP contribution in [0.1, 0.15) is 12.8 Å². The lowest BCUT2D eigenvalue weighted by Gasteiger charge is -2.34. The highest BCUT2D eigenvalue weighted by Crippen LogP contribution is 2.10. The second-order valence-electron chi connectivity index (χ2n) is 5.16. The number of para-hydroxylation sites is 1. The van der Waals surface area contributed by atoms with Crippen molar-refractivity contribution in [2.45, 2.75) is 12.8 Å². The van der Waals surface area contributed by atoms with Gasteiger partial charge >= 0.3 is 0 Å². The topological polar surface area (TPSA) is 49.9 Å². The second-order valence-corrected chi connectivity index (χ2v) is 5.43. The number of benzene rings is 1. The zero-order chi connectivity index (χ0) is 15.8. The van der Waals surface area contributed by atoms with Crippen LogP contribution < -0.4 is 4.74 Å². The first kappa shape index (κ1) is 16.6. The summed E-state index contributed by atoms with van der Waals surface area (Å²) < 4.78 is 5.57. The minimum atomic E-state index is -0.0648. The molecule has 0 unspecified atom stereocenters. The molecule has 0 N–H and O–H groups in total. The number of ether oxygens (including phenoxy) is 1. The van der Waals surface area contributed by atoms with Crippen LogP contribution in [0.3, 0.4) is 0 Å². The number of alkyl halides is 1. The lowest BCUT2D eigenvalue weighted by Crippen LogP contribution is -2.50. The van der Waals surface area contributed by atoms with Crippen molar-refractivity contribution in [3.63, 3.8) is 0 Å². The highest BCUT2D eigenvalue weighted by molar-refractivity contribution is 6.27. The van der Waals surface area contributed by atoms with Gasteiger partial charge in [0.15, 0.2) is 0 Å². The van der Waals surface area contributed by atoms with E-state index in [0.717, 1.165) is 5.75 Å². The molecule has 2 rings (SSSR count). The van der Waals surface area contributed by atoms with Gasteiger partial charge in [-0.05, 0) is 18.6 Å². The number of halogens is 1. The molecular weight excluding hydrogens is 304 g/mol. The number of hydrogen-bond acceptors (Lipinski definition) is 3. The van der Waals surface area contributed by atoms with E-state index in [2.05, 4.69) is 0 Å². The van der Waals surface area contributed by atoms with E-state index in [9.17, 15) is 9.59 Å². The van der Waals surface area contributed by atoms with Crippen molar-refractivity contribution in [1.29, 1.82) is 0 Å². The van der Waals surface area contributed by atoms with E-state index in [-0.39, 0.29) is 17.7 Å². The molecule has 0 atom stereocenters. The second kappa shape index (κ2) is 8.63. The van der Waals surface area contributed by atoms with E-state index in [1.807, 2.05) is 30.3 Å². The monoisotopic (exact) mass is 324 g/mol. The Bertz CT molecular complexity index is 487. The Morgan fingerprint density at radius 2 is 1.59 bits per heavy atom. The maximum atomic E-state index is 12.1. The molecule has 1 aromatic rings. The van der Waals surface area contributed by atoms with Crippen molar-refractivity contribution in [3.05, 3.63) is 30.3 Å². The zero-order valence-corrected chi connectivity index (χ0v) is 13.3. The molecule has 0 bridgehead atoms. The van der Waals surface area contributed by atoms with E-state index in [0.29, 0.717) is 45.6 Å². The molecule has 0 aromatic heterocycles. The maximum Gasteiger partial charge on any atom is 0.237 e. The molecule has 6 heteroatoms. The summed E-state index contributed by atoms with van der Waals surface area (Å²) in [4.78, 5) is 27.1. The Hall–Kier alpha value is -1.75. The molecule has 2 amide bonds. The summed E-state index contributed by atoms with van der Waals surface area (Å²) in [5.41, 5.74) is 0. The molecule has 1 aliphatic heterocycles. The molecule has 0 spiro atoms. The van der Waals surface area contributed by atoms with Crippen LogP contribution in [0.5, 0.6) is 5.75 Å². The van der Waals surface area contributed by atoms with Gasteiger partial charge in [-0.1, -0.05) is 18.2 Å². The number of rotatable bonds is 6. The SMILES string of the molecule is O=C(CCl)N1CCN(C(=O)CCCOc2ccccc2)CC1. The molecule has 0 aliphatic carbocycles. The summed E-state index contributed by atoms with van der Waals surface area (Å²) in [5.74, 6) is 0.882. The van der Waals surface area contributed by atoms with E-state index >= 15 is 0 Å². The summed E-state index contributed by atoms with van der Waals surface area (Å²) in [5, 5.41) is 0. The van der Waals surface area contributed by atoms with E-state index in [4.69, 9.17) is 16.3 Å². The number of hydrogen-bond donors (Lipinski definition) is 0. The fourth-order valence-corrected chi connectivity index (χ4v) is 2.55. The standard InChI is InChI=1S/C16H21ClN2O3/c17-13-16(21)19-10-8-18(9-11-19)15(20)7-4-12-22-14-5-2-1-3-6-14/h1-3,5-6H,4,7-13H2. The minimum absolute atomic E-state index is 0.00473. The number of carbonyl (C=O) groups excluding carboxylic acids is 2. The fourth-order valence-electron chi connectivity index (χ4n) is 2.38. The normalized spacial score (nSPS) is 14.8. The summed E-state index contributed by atoms with van der Waals surface area (Å²) in [7, 11) is 0. The van der Waals surface area contributed by atoms with Gasteiger partial charge in [-0.3, -0.25) is 9.59 Å². The highest BCUT2D eigenvalue weighted by Gasteiger charge is 2.23. The van der Waals surface area contributed by atoms with E-state index in [1.54, 1.807) is 9.80 Å². The quantitative estimate of drug-likeness (QED) is 0.592. The Kier molecular flexibility index (Phi) is 6.52. The molecule has 22 heavy (non-hydrogen) atoms. The highest BCUT2D eigenvalue weighted by atomic mass is 35.5. The van der Waals surface area contributed by atoms with Gasteiger partial charge in [0.05, 0.1) is 6.61 Å². The molecule has 1 aromatic carbocycles. The summed E-state index contributed by atoms with van der Waals surface area (Å²) in [6, 6.07) is 9.57. The average molecular weight is 325 g/mol. The molecule has 0 saturated carbocycles. The molecule has 1 heterocycles. The zero-order valence-electron chi connectivity index (χ0n) is 12.5. The van der Waals surface area contributed by atoms with Gasteiger partial charge in [-0.15, -0.1) is 11.6 Å². The molecule has 1 saturated heterocycles. The predicted octanol–water partition coefficient (Wildman–Crippen LogP) is 1.76. The third-order valence-electron chi connectivity index (χ3n) is 3.65. The van der Waals surface area contributed by atoms with Crippen molar-refractivity contribution in [3.8, 4) is 5.75 Å². The van der Waals surface area contributed by atoms with E-state index < -0.39 is 0 Å². The van der Waals surface area contributed by atoms with Crippen molar-refractivity contribution in [2.24, 2.45) is 0 Å². The van der Waals surface area contributed by atoms with Crippen LogP contribution in [0.4, 0.5) is 0 Å². The number of carbonyl (C=O) groups is 2. The van der Waals surface area contributed by atoms with Crippen molar-refractivity contribution < 1.29 is 14.3 Å². The molecular formula is C16H21ClN2O3. The Morgan fingerprint density at radius 3 is 2.18 bits per heavy atom. The van der Waals surface area contributed by atoms with Crippen LogP contribution in [-0.4, -0.2) is 60.3 Å². The molecule has 1 aliphatic rings. The number of nitrogens with zero attached hydrogens (tertiary/aromatic N) is 2. The van der Waals surface area contributed by atoms with Gasteiger partial charge < -0.3 is 14.5 Å². The van der Waals surface area contributed by atoms with Gasteiger partial charge in [-0.2, -0.15) is 0 Å². The Balaban J connectivity index is 1.63. The largest absolute Gasteiger partial charge is 0.494 e. The lowest BCUT2D eigenvalue weighted by molar-refractivity contribution is -0.138. The van der Waals surface area contributed by atoms with Gasteiger partial charge in [0.2, 0.25) is 11.8 Å². The van der Waals surface area contributed by atoms with Crippen molar-refractivity contribution in [1.82, 2.24) is 9.80 Å². The Labute approximate surface area is 135 Å². The summed E-state index contributed by atoms with van der Waals surface area (Å²) in [6.07, 6.45) is 1.16. The third-order valence-corrected chi connectivity index (χ3v) is 3.87. The average Bonchev–Trinajstić information content (AvgIpc) is 2.59. The smallest absolute Gasteiger partial charge is 0.237 e. The van der Waals surface area contributed by atoms with Crippen LogP contribution in [0.15, 0.2) is 30.3 Å². The van der Waals surface area contributed by atoms with Crippen LogP contribution >= 0.6 is 11.6 Å². The number of piperazine rings is 1. The van der Waals surface area contributed by atoms with Crippen LogP contribution in [-0.2, 0) is 9.59 Å². The Morgan fingerprint density at radius 1 is 1.00 bits per heavy atom. The first-order chi connectivity index (χ1) is 10.7. The molecule has 120 valence electrons. The van der Waals surface area contributed by atoms with Crippen LogP contribution in [0.25, 0.3) is 0 Å².